The molecular formula is C27H30N2O5S. The van der Waals surface area contributed by atoms with Gasteiger partial charge < -0.3 is 20.1 Å². The van der Waals surface area contributed by atoms with Crippen LogP contribution in [0.25, 0.3) is 11.1 Å². The first-order valence-electron chi connectivity index (χ1n) is 12.0. The smallest absolute Gasteiger partial charge is 0.407 e. The number of hydrogen-bond donors (Lipinski definition) is 2. The summed E-state index contributed by atoms with van der Waals surface area (Å²) in [6.45, 7) is 0.394. The van der Waals surface area contributed by atoms with Crippen LogP contribution in [0.1, 0.15) is 36.3 Å². The molecule has 2 N–H and O–H groups in total. The molecule has 7 nitrogen and oxygen atoms in total. The van der Waals surface area contributed by atoms with Gasteiger partial charge in [-0.1, -0.05) is 48.5 Å². The molecule has 0 aromatic heterocycles. The minimum atomic E-state index is -1.00. The standard InChI is InChI=1S/C27H30N2O5S/c1-35-11-10-29(15-24(30)31)25(32)27-13-17(27)12-18(14-27)28-26(33)34-16-23-21-8-4-2-6-19(21)20-7-3-5-9-22(20)23/h2-9,17-18,23H,10-16H2,1H3,(H,28,33)(H,30,31). The lowest BCUT2D eigenvalue weighted by Crippen LogP contribution is -2.43. The van der Waals surface area contributed by atoms with Crippen LogP contribution >= 0.6 is 11.8 Å². The van der Waals surface area contributed by atoms with E-state index in [1.807, 2.05) is 30.5 Å². The second-order valence-electron chi connectivity index (χ2n) is 9.78. The van der Waals surface area contributed by atoms with Gasteiger partial charge in [-0.2, -0.15) is 11.8 Å². The molecule has 3 aliphatic carbocycles. The van der Waals surface area contributed by atoms with E-state index in [0.717, 1.165) is 24.0 Å². The van der Waals surface area contributed by atoms with Crippen LogP contribution in [0.4, 0.5) is 4.79 Å². The Balaban J connectivity index is 1.18. The fraction of sp³-hybridized carbons (Fsp3) is 0.444. The molecule has 0 saturated heterocycles. The van der Waals surface area contributed by atoms with Crippen molar-refractivity contribution in [2.75, 3.05) is 31.7 Å². The maximum absolute atomic E-state index is 13.2. The van der Waals surface area contributed by atoms with Crippen molar-refractivity contribution in [2.45, 2.75) is 31.2 Å². The Hall–Kier alpha value is -3.00. The molecule has 2 amide bonds. The minimum absolute atomic E-state index is 0.000867. The summed E-state index contributed by atoms with van der Waals surface area (Å²) in [4.78, 5) is 38.7. The predicted molar refractivity (Wildman–Crippen MR) is 134 cm³/mol. The number of carboxylic acids is 1. The Labute approximate surface area is 209 Å². The number of alkyl carbamates (subject to hydrolysis) is 1. The first-order valence-corrected chi connectivity index (χ1v) is 13.4. The fourth-order valence-electron chi connectivity index (χ4n) is 6.00. The Kier molecular flexibility index (Phi) is 6.49. The summed E-state index contributed by atoms with van der Waals surface area (Å²) in [5.74, 6) is -0.199. The summed E-state index contributed by atoms with van der Waals surface area (Å²) in [7, 11) is 0. The van der Waals surface area contributed by atoms with Gasteiger partial charge in [-0.05, 0) is 53.7 Å². The van der Waals surface area contributed by atoms with Crippen LogP contribution in [0.2, 0.25) is 0 Å². The molecule has 0 spiro atoms. The van der Waals surface area contributed by atoms with Gasteiger partial charge in [0.2, 0.25) is 5.91 Å². The number of fused-ring (bicyclic) bond motifs is 4. The van der Waals surface area contributed by atoms with Gasteiger partial charge in [0.1, 0.15) is 13.2 Å². The second kappa shape index (κ2) is 9.57. The zero-order chi connectivity index (χ0) is 24.6. The van der Waals surface area contributed by atoms with Crippen molar-refractivity contribution in [2.24, 2.45) is 11.3 Å². The summed E-state index contributed by atoms with van der Waals surface area (Å²) < 4.78 is 5.67. The maximum Gasteiger partial charge on any atom is 0.407 e. The quantitative estimate of drug-likeness (QED) is 0.548. The van der Waals surface area contributed by atoms with Crippen LogP contribution in [0.15, 0.2) is 48.5 Å². The number of aliphatic carboxylic acids is 1. The van der Waals surface area contributed by atoms with Crippen molar-refractivity contribution in [1.29, 1.82) is 0 Å². The van der Waals surface area contributed by atoms with Crippen molar-refractivity contribution in [3.63, 3.8) is 0 Å². The molecule has 0 bridgehead atoms. The van der Waals surface area contributed by atoms with E-state index in [2.05, 4.69) is 29.6 Å². The average molecular weight is 495 g/mol. The number of nitrogens with one attached hydrogen (secondary N) is 1. The molecule has 3 unspecified atom stereocenters. The van der Waals surface area contributed by atoms with Crippen LogP contribution in [-0.2, 0) is 14.3 Å². The fourth-order valence-corrected chi connectivity index (χ4v) is 6.41. The van der Waals surface area contributed by atoms with E-state index in [-0.39, 0.29) is 36.9 Å². The zero-order valence-corrected chi connectivity index (χ0v) is 20.6. The van der Waals surface area contributed by atoms with Gasteiger partial charge >= 0.3 is 12.1 Å². The molecule has 3 atom stereocenters. The molecule has 8 heteroatoms. The highest BCUT2D eigenvalue weighted by molar-refractivity contribution is 7.98. The van der Waals surface area contributed by atoms with Crippen LogP contribution in [0, 0.1) is 11.3 Å². The summed E-state index contributed by atoms with van der Waals surface area (Å²) in [5.41, 5.74) is 4.16. The van der Waals surface area contributed by atoms with E-state index >= 15 is 0 Å². The first kappa shape index (κ1) is 23.7. The third-order valence-electron chi connectivity index (χ3n) is 7.68. The number of thioether (sulfide) groups is 1. The number of hydrogen-bond acceptors (Lipinski definition) is 5. The highest BCUT2D eigenvalue weighted by Gasteiger charge is 2.66. The minimum Gasteiger partial charge on any atom is -0.480 e. The van der Waals surface area contributed by atoms with Gasteiger partial charge in [-0.15, -0.1) is 0 Å². The number of rotatable bonds is 9. The van der Waals surface area contributed by atoms with E-state index in [1.54, 1.807) is 11.8 Å². The summed E-state index contributed by atoms with van der Waals surface area (Å²) in [5, 5.41) is 12.2. The molecule has 2 saturated carbocycles. The number of amides is 2. The summed E-state index contributed by atoms with van der Waals surface area (Å²) in [6.07, 6.45) is 3.50. The monoisotopic (exact) mass is 494 g/mol. The van der Waals surface area contributed by atoms with Crippen molar-refractivity contribution in [1.82, 2.24) is 10.2 Å². The van der Waals surface area contributed by atoms with Crippen molar-refractivity contribution in [3.05, 3.63) is 59.7 Å². The van der Waals surface area contributed by atoms with Crippen LogP contribution in [0.5, 0.6) is 0 Å². The maximum atomic E-state index is 13.2. The lowest BCUT2D eigenvalue weighted by atomic mass is 9.98. The van der Waals surface area contributed by atoms with Gasteiger partial charge in [0, 0.05) is 24.3 Å². The Bertz CT molecular complexity index is 1110. The summed E-state index contributed by atoms with van der Waals surface area (Å²) in [6, 6.07) is 16.3. The molecule has 0 aliphatic heterocycles. The molecule has 35 heavy (non-hydrogen) atoms. The molecule has 5 rings (SSSR count). The summed E-state index contributed by atoms with van der Waals surface area (Å²) >= 11 is 1.59. The van der Waals surface area contributed by atoms with Gasteiger partial charge in [0.15, 0.2) is 0 Å². The van der Waals surface area contributed by atoms with E-state index in [1.165, 1.54) is 16.0 Å². The molecule has 184 valence electrons. The van der Waals surface area contributed by atoms with Gasteiger partial charge in [-0.3, -0.25) is 9.59 Å². The molecular weight excluding hydrogens is 464 g/mol. The number of carbonyl (C=O) groups excluding carboxylic acids is 2. The molecule has 0 heterocycles. The third kappa shape index (κ3) is 4.51. The SMILES string of the molecule is CSCCN(CC(=O)O)C(=O)C12CC(NC(=O)OCC3c4ccccc4-c4ccccc43)CC1C2. The molecule has 0 radical (unpaired) electrons. The lowest BCUT2D eigenvalue weighted by molar-refractivity contribution is -0.147. The second-order valence-corrected chi connectivity index (χ2v) is 10.8. The van der Waals surface area contributed by atoms with Crippen molar-refractivity contribution in [3.8, 4) is 11.1 Å². The highest BCUT2D eigenvalue weighted by Crippen LogP contribution is 2.64. The Morgan fingerprint density at radius 3 is 2.37 bits per heavy atom. The zero-order valence-electron chi connectivity index (χ0n) is 19.7. The van der Waals surface area contributed by atoms with E-state index < -0.39 is 17.5 Å². The van der Waals surface area contributed by atoms with Crippen LogP contribution in [-0.4, -0.2) is 65.7 Å². The highest BCUT2D eigenvalue weighted by atomic mass is 32.2. The third-order valence-corrected chi connectivity index (χ3v) is 8.27. The number of ether oxygens (including phenoxy) is 1. The largest absolute Gasteiger partial charge is 0.480 e. The van der Waals surface area contributed by atoms with Gasteiger partial charge in [-0.25, -0.2) is 4.79 Å². The number of carbonyl (C=O) groups is 3. The van der Waals surface area contributed by atoms with Crippen LogP contribution < -0.4 is 5.32 Å². The van der Waals surface area contributed by atoms with Gasteiger partial charge in [0.25, 0.3) is 0 Å². The first-order chi connectivity index (χ1) is 16.9. The van der Waals surface area contributed by atoms with Gasteiger partial charge in [0.05, 0.1) is 5.41 Å². The molecule has 2 aromatic rings. The van der Waals surface area contributed by atoms with E-state index in [9.17, 15) is 19.5 Å². The Morgan fingerprint density at radius 1 is 1.09 bits per heavy atom. The topological polar surface area (TPSA) is 95.9 Å². The van der Waals surface area contributed by atoms with E-state index in [4.69, 9.17) is 4.74 Å². The lowest BCUT2D eigenvalue weighted by Gasteiger charge is -2.26. The predicted octanol–water partition coefficient (Wildman–Crippen LogP) is 3.97. The average Bonchev–Trinajstić information content (AvgIpc) is 3.27. The van der Waals surface area contributed by atoms with Crippen molar-refractivity contribution >= 4 is 29.7 Å². The number of nitrogens with zero attached hydrogens (tertiary/aromatic N) is 1. The van der Waals surface area contributed by atoms with Crippen molar-refractivity contribution < 1.29 is 24.2 Å². The number of benzene rings is 2. The molecule has 2 fully saturated rings. The number of carboxylic acid groups (broad SMARTS) is 1. The molecule has 2 aromatic carbocycles. The Morgan fingerprint density at radius 2 is 1.74 bits per heavy atom. The normalized spacial score (nSPS) is 23.7. The molecule has 3 aliphatic rings. The van der Waals surface area contributed by atoms with E-state index in [0.29, 0.717) is 18.7 Å². The van der Waals surface area contributed by atoms with Crippen LogP contribution in [0.3, 0.4) is 0 Å².